The molecule has 0 bridgehead atoms. The second-order valence-electron chi connectivity index (χ2n) is 3.53. The van der Waals surface area contributed by atoms with Gasteiger partial charge in [-0.2, -0.15) is 0 Å². The van der Waals surface area contributed by atoms with Gasteiger partial charge in [0, 0.05) is 0 Å². The van der Waals surface area contributed by atoms with Crippen LogP contribution in [-0.4, -0.2) is 8.42 Å². The number of nitrogens with two attached hydrogens (primary N) is 1. The lowest BCUT2D eigenvalue weighted by Crippen LogP contribution is -2.01. The molecule has 0 radical (unpaired) electrons. The minimum Gasteiger partial charge on any atom is -0.305 e. The zero-order valence-corrected chi connectivity index (χ0v) is 10.2. The van der Waals surface area contributed by atoms with E-state index in [1.807, 2.05) is 0 Å². The highest BCUT2D eigenvalue weighted by atomic mass is 32.2. The fourth-order valence-corrected chi connectivity index (χ4v) is 2.84. The molecule has 2 aromatic rings. The van der Waals surface area contributed by atoms with E-state index >= 15 is 0 Å². The molecule has 0 unspecified atom stereocenters. The van der Waals surface area contributed by atoms with Gasteiger partial charge in [-0.1, -0.05) is 29.5 Å². The van der Waals surface area contributed by atoms with Crippen LogP contribution in [0.4, 0.5) is 5.69 Å². The van der Waals surface area contributed by atoms with Gasteiger partial charge >= 0.3 is 0 Å². The van der Waals surface area contributed by atoms with Crippen LogP contribution in [0.1, 0.15) is 0 Å². The molecule has 0 fully saturated rings. The Morgan fingerprint density at radius 2 is 1.56 bits per heavy atom. The van der Waals surface area contributed by atoms with Crippen LogP contribution in [0.3, 0.4) is 0 Å². The molecule has 0 atom stereocenters. The van der Waals surface area contributed by atoms with Crippen LogP contribution < -0.4 is 5.84 Å². The van der Waals surface area contributed by atoms with E-state index < -0.39 is 9.84 Å². The van der Waals surface area contributed by atoms with Gasteiger partial charge in [0.25, 0.3) is 0 Å². The molecule has 92 valence electrons. The van der Waals surface area contributed by atoms with E-state index in [-0.39, 0.29) is 9.79 Å². The molecule has 0 heterocycles. The number of rotatable bonds is 3. The van der Waals surface area contributed by atoms with Crippen molar-refractivity contribution >= 4 is 15.5 Å². The Hall–Kier alpha value is -2.21. The number of hydrogen-bond acceptors (Lipinski definition) is 4. The monoisotopic (exact) mass is 261 g/mol. The average Bonchev–Trinajstić information content (AvgIpc) is 2.40. The number of hydrogen-bond donors (Lipinski definition) is 1. The van der Waals surface area contributed by atoms with E-state index in [1.54, 1.807) is 42.5 Å². The van der Waals surface area contributed by atoms with Crippen LogP contribution in [0.5, 0.6) is 0 Å². The maximum Gasteiger partial charge on any atom is 0.206 e. The molecule has 0 aliphatic carbocycles. The van der Waals surface area contributed by atoms with Crippen LogP contribution in [0, 0.1) is 0 Å². The van der Waals surface area contributed by atoms with Gasteiger partial charge in [0.2, 0.25) is 9.84 Å². The molecule has 0 saturated carbocycles. The van der Waals surface area contributed by atoms with Crippen LogP contribution in [-0.2, 0) is 9.84 Å². The van der Waals surface area contributed by atoms with Crippen molar-refractivity contribution in [3.05, 3.63) is 54.6 Å². The smallest absolute Gasteiger partial charge is 0.206 e. The van der Waals surface area contributed by atoms with Crippen LogP contribution in [0.25, 0.3) is 0 Å². The predicted octanol–water partition coefficient (Wildman–Crippen LogP) is 2.48. The summed E-state index contributed by atoms with van der Waals surface area (Å²) in [5.74, 6) is 4.94. The second kappa shape index (κ2) is 4.97. The first-order valence-electron chi connectivity index (χ1n) is 5.16. The summed E-state index contributed by atoms with van der Waals surface area (Å²) in [5, 5.41) is 6.74. The molecule has 5 nitrogen and oxygen atoms in total. The Kier molecular flexibility index (Phi) is 3.38. The summed E-state index contributed by atoms with van der Waals surface area (Å²) < 4.78 is 24.6. The Morgan fingerprint density at radius 1 is 0.889 bits per heavy atom. The largest absolute Gasteiger partial charge is 0.305 e. The summed E-state index contributed by atoms with van der Waals surface area (Å²) in [6, 6.07) is 14.4. The summed E-state index contributed by atoms with van der Waals surface area (Å²) in [7, 11) is -3.52. The molecule has 0 spiro atoms. The van der Waals surface area contributed by atoms with Crippen molar-refractivity contribution in [2.45, 2.75) is 9.79 Å². The predicted molar refractivity (Wildman–Crippen MR) is 67.0 cm³/mol. The topological polar surface area (TPSA) is 84.9 Å². The summed E-state index contributed by atoms with van der Waals surface area (Å²) >= 11 is 0. The Morgan fingerprint density at radius 3 is 2.22 bits per heavy atom. The van der Waals surface area contributed by atoms with Crippen LogP contribution in [0.15, 0.2) is 74.7 Å². The van der Waals surface area contributed by atoms with E-state index in [4.69, 9.17) is 5.84 Å². The zero-order valence-electron chi connectivity index (χ0n) is 9.39. The average molecular weight is 261 g/mol. The molecule has 2 rings (SSSR count). The fourth-order valence-electron chi connectivity index (χ4n) is 1.52. The van der Waals surface area contributed by atoms with Crippen molar-refractivity contribution in [3.63, 3.8) is 0 Å². The quantitative estimate of drug-likeness (QED) is 0.523. The second-order valence-corrected chi connectivity index (χ2v) is 5.48. The zero-order chi connectivity index (χ0) is 13.0. The number of benzene rings is 2. The molecular weight excluding hydrogens is 250 g/mol. The summed E-state index contributed by atoms with van der Waals surface area (Å²) in [6.07, 6.45) is 0. The van der Waals surface area contributed by atoms with Gasteiger partial charge in [-0.15, -0.1) is 5.11 Å². The van der Waals surface area contributed by atoms with Gasteiger partial charge in [-0.05, 0) is 30.3 Å². The van der Waals surface area contributed by atoms with Crippen molar-refractivity contribution in [1.29, 1.82) is 0 Å². The Balaban J connectivity index is 2.52. The minimum absolute atomic E-state index is 0.165. The SMILES string of the molecule is NN=Nc1cccc(S(=O)(=O)c2ccccc2)c1. The highest BCUT2D eigenvalue weighted by Gasteiger charge is 2.17. The van der Waals surface area contributed by atoms with E-state index in [9.17, 15) is 8.42 Å². The lowest BCUT2D eigenvalue weighted by atomic mass is 10.3. The highest BCUT2D eigenvalue weighted by molar-refractivity contribution is 7.91. The molecule has 0 aliphatic rings. The number of sulfone groups is 1. The number of nitrogens with zero attached hydrogens (tertiary/aromatic N) is 2. The molecule has 0 saturated heterocycles. The van der Waals surface area contributed by atoms with Crippen molar-refractivity contribution < 1.29 is 8.42 Å². The molecule has 0 aromatic heterocycles. The third-order valence-electron chi connectivity index (χ3n) is 2.35. The van der Waals surface area contributed by atoms with Crippen molar-refractivity contribution in [2.75, 3.05) is 0 Å². The maximum atomic E-state index is 12.3. The van der Waals surface area contributed by atoms with E-state index in [2.05, 4.69) is 10.3 Å². The Bertz CT molecular complexity index is 667. The molecule has 0 amide bonds. The van der Waals surface area contributed by atoms with Gasteiger partial charge < -0.3 is 5.84 Å². The first-order valence-corrected chi connectivity index (χ1v) is 6.64. The van der Waals surface area contributed by atoms with Crippen LogP contribution >= 0.6 is 0 Å². The molecule has 2 N–H and O–H groups in total. The standard InChI is InChI=1S/C12H11N3O2S/c13-15-14-10-5-4-8-12(9-10)18(16,17)11-6-2-1-3-7-11/h1-9H,(H2,13,14). The summed E-state index contributed by atoms with van der Waals surface area (Å²) in [6.45, 7) is 0. The van der Waals surface area contributed by atoms with Crippen molar-refractivity contribution in [3.8, 4) is 0 Å². The van der Waals surface area contributed by atoms with Gasteiger partial charge in [0.1, 0.15) is 0 Å². The van der Waals surface area contributed by atoms with Crippen molar-refractivity contribution in [1.82, 2.24) is 0 Å². The van der Waals surface area contributed by atoms with Crippen molar-refractivity contribution in [2.24, 2.45) is 16.2 Å². The molecule has 0 aliphatic heterocycles. The molecular formula is C12H11N3O2S. The summed E-state index contributed by atoms with van der Waals surface area (Å²) in [4.78, 5) is 0.408. The van der Waals surface area contributed by atoms with Crippen LogP contribution in [0.2, 0.25) is 0 Å². The third-order valence-corrected chi connectivity index (χ3v) is 4.12. The maximum absolute atomic E-state index is 12.3. The van der Waals surface area contributed by atoms with Gasteiger partial charge in [-0.3, -0.25) is 0 Å². The van der Waals surface area contributed by atoms with Gasteiger partial charge in [0.15, 0.2) is 0 Å². The first kappa shape index (κ1) is 12.3. The van der Waals surface area contributed by atoms with E-state index in [1.165, 1.54) is 12.1 Å². The molecule has 18 heavy (non-hydrogen) atoms. The fraction of sp³-hybridized carbons (Fsp3) is 0. The normalized spacial score (nSPS) is 11.8. The van der Waals surface area contributed by atoms with Gasteiger partial charge in [0.05, 0.1) is 15.5 Å². The molecule has 2 aromatic carbocycles. The van der Waals surface area contributed by atoms with E-state index in [0.29, 0.717) is 5.69 Å². The minimum atomic E-state index is -3.52. The lowest BCUT2D eigenvalue weighted by Gasteiger charge is -2.04. The third kappa shape index (κ3) is 2.38. The Labute approximate surface area is 105 Å². The highest BCUT2D eigenvalue weighted by Crippen LogP contribution is 2.24. The summed E-state index contributed by atoms with van der Waals surface area (Å²) in [5.41, 5.74) is 0.398. The lowest BCUT2D eigenvalue weighted by molar-refractivity contribution is 0.596. The van der Waals surface area contributed by atoms with E-state index in [0.717, 1.165) is 0 Å². The van der Waals surface area contributed by atoms with Gasteiger partial charge in [-0.25, -0.2) is 8.42 Å². The molecule has 6 heteroatoms. The first-order chi connectivity index (χ1) is 8.64.